The number of nitrogens with zero attached hydrogens (tertiary/aromatic N) is 5. The van der Waals surface area contributed by atoms with Crippen LogP contribution in [-0.4, -0.2) is 130 Å². The van der Waals surface area contributed by atoms with Gasteiger partial charge in [-0.15, -0.1) is 0 Å². The molecule has 20 heteroatoms. The van der Waals surface area contributed by atoms with E-state index in [1.54, 1.807) is 37.8 Å². The summed E-state index contributed by atoms with van der Waals surface area (Å²) in [5.41, 5.74) is -1.01. The lowest BCUT2D eigenvalue weighted by atomic mass is 9.77. The minimum Gasteiger partial charge on any atom is -0.444 e. The fraction of sp³-hybridized carbons (Fsp3) is 0.659. The van der Waals surface area contributed by atoms with E-state index < -0.39 is 51.3 Å². The van der Waals surface area contributed by atoms with Gasteiger partial charge < -0.3 is 40.1 Å². The van der Waals surface area contributed by atoms with Crippen molar-refractivity contribution in [2.24, 2.45) is 11.8 Å². The summed E-state index contributed by atoms with van der Waals surface area (Å²) in [6.07, 6.45) is 1.49. The zero-order chi connectivity index (χ0) is 47.0. The van der Waals surface area contributed by atoms with Gasteiger partial charge in [0.2, 0.25) is 21.8 Å². The number of carbonyl (C=O) groups excluding carboxylic acids is 4. The number of nitrogens with one attached hydrogen (secondary N) is 3. The lowest BCUT2D eigenvalue weighted by Crippen LogP contribution is -2.49. The Balaban J connectivity index is 1.05. The van der Waals surface area contributed by atoms with Crippen LogP contribution in [0.25, 0.3) is 0 Å². The van der Waals surface area contributed by atoms with Crippen LogP contribution < -0.4 is 25.8 Å². The van der Waals surface area contributed by atoms with Gasteiger partial charge in [0.15, 0.2) is 0 Å². The van der Waals surface area contributed by atoms with Gasteiger partial charge in [-0.05, 0) is 137 Å². The first kappa shape index (κ1) is 50.7. The van der Waals surface area contributed by atoms with Crippen LogP contribution in [0.5, 0.6) is 0 Å². The van der Waals surface area contributed by atoms with Crippen molar-refractivity contribution in [1.82, 2.24) is 30.1 Å². The molecule has 3 aliphatic rings. The Morgan fingerprint density at radius 1 is 0.859 bits per heavy atom. The molecule has 16 nitrogen and oxygen atoms in total. The molecule has 0 spiro atoms. The molecule has 2 aliphatic heterocycles. The van der Waals surface area contributed by atoms with Crippen LogP contribution in [-0.2, 0) is 35.0 Å². The summed E-state index contributed by atoms with van der Waals surface area (Å²) in [6.45, 7) is 13.9. The Kier molecular flexibility index (Phi) is 16.9. The lowest BCUT2D eigenvalue weighted by Gasteiger charge is -2.36. The smallest absolute Gasteiger partial charge is 0.407 e. The van der Waals surface area contributed by atoms with Gasteiger partial charge in [-0.3, -0.25) is 9.59 Å². The maximum atomic E-state index is 16.1. The van der Waals surface area contributed by atoms with Crippen LogP contribution in [0.15, 0.2) is 41.3 Å². The normalized spacial score (nSPS) is 20.3. The summed E-state index contributed by atoms with van der Waals surface area (Å²) in [4.78, 5) is 59.4. The molecule has 1 aliphatic carbocycles. The number of alkyl carbamates (subject to hydrolysis) is 2. The maximum absolute atomic E-state index is 16.1. The van der Waals surface area contributed by atoms with E-state index in [4.69, 9.17) is 21.1 Å². The molecule has 0 bridgehead atoms. The average molecular weight is 940 g/mol. The van der Waals surface area contributed by atoms with Crippen molar-refractivity contribution in [2.75, 3.05) is 75.8 Å². The molecular formula is C44H65ClF2N8O8S. The highest BCUT2D eigenvalue weighted by Gasteiger charge is 2.45. The Hall–Kier alpha value is -4.33. The first-order valence-corrected chi connectivity index (χ1v) is 23.9. The summed E-state index contributed by atoms with van der Waals surface area (Å²) in [5, 5.41) is 8.32. The van der Waals surface area contributed by atoms with E-state index in [1.807, 2.05) is 27.8 Å². The Labute approximate surface area is 381 Å². The van der Waals surface area contributed by atoms with Crippen LogP contribution in [0.2, 0.25) is 5.15 Å². The van der Waals surface area contributed by atoms with Crippen LogP contribution in [0.4, 0.5) is 29.9 Å². The van der Waals surface area contributed by atoms with Crippen molar-refractivity contribution in [3.05, 3.63) is 47.1 Å². The second kappa shape index (κ2) is 21.3. The van der Waals surface area contributed by atoms with E-state index in [-0.39, 0.29) is 91.1 Å². The van der Waals surface area contributed by atoms with E-state index in [2.05, 4.69) is 25.8 Å². The quantitative estimate of drug-likeness (QED) is 0.130. The van der Waals surface area contributed by atoms with E-state index in [0.29, 0.717) is 31.6 Å². The molecule has 3 N–H and O–H groups in total. The van der Waals surface area contributed by atoms with Crippen molar-refractivity contribution in [2.45, 2.75) is 115 Å². The summed E-state index contributed by atoms with van der Waals surface area (Å²) in [6, 6.07) is 8.02. The Morgan fingerprint density at radius 2 is 1.44 bits per heavy atom. The highest BCUT2D eigenvalue weighted by atomic mass is 35.5. The van der Waals surface area contributed by atoms with Gasteiger partial charge in [-0.1, -0.05) is 11.6 Å². The van der Waals surface area contributed by atoms with Crippen LogP contribution in [0, 0.1) is 11.8 Å². The standard InChI is InChI=1S/C44H65ClF2N8O8S/c1-42(2,3)62-40(58)49-19-9-21-52(7)20-8-18-48-39(57)30-10-12-31(13-11-30)44(46,47)32-26-36(45)51-37(27-32)53-22-24-54(25-23-53)64(60,61)35-16-14-34(15-17-35)55-29-33(28-38(55)56)50-41(59)63-43(4,5)6/h14-17,26-27,30-31,33H,8-13,18-25,28-29H2,1-7H3,(H,48,57)(H,49,58)(H,50,59)/t30?,31?,33-/m1/s1. The number of ether oxygens (including phenoxy) is 2. The predicted molar refractivity (Wildman–Crippen MR) is 240 cm³/mol. The van der Waals surface area contributed by atoms with Gasteiger partial charge in [0.25, 0.3) is 5.92 Å². The fourth-order valence-corrected chi connectivity index (χ4v) is 9.72. The number of piperazine rings is 1. The molecule has 1 aromatic heterocycles. The number of carbonyl (C=O) groups is 4. The fourth-order valence-electron chi connectivity index (χ4n) is 8.09. The number of anilines is 2. The van der Waals surface area contributed by atoms with Gasteiger partial charge in [0.1, 0.15) is 22.2 Å². The second-order valence-corrected chi connectivity index (χ2v) is 21.2. The molecule has 1 atom stereocenters. The molecule has 64 heavy (non-hydrogen) atoms. The predicted octanol–water partition coefficient (Wildman–Crippen LogP) is 6.13. The first-order valence-electron chi connectivity index (χ1n) is 22.1. The average Bonchev–Trinajstić information content (AvgIpc) is 3.58. The topological polar surface area (TPSA) is 183 Å². The number of pyridine rings is 1. The monoisotopic (exact) mass is 938 g/mol. The van der Waals surface area contributed by atoms with Crippen LogP contribution >= 0.6 is 11.6 Å². The van der Waals surface area contributed by atoms with Crippen molar-refractivity contribution >= 4 is 57.1 Å². The second-order valence-electron chi connectivity index (χ2n) is 18.9. The number of benzene rings is 1. The molecule has 5 rings (SSSR count). The SMILES string of the molecule is CN(CCCNC(=O)OC(C)(C)C)CCCNC(=O)C1CCC(C(F)(F)c2cc(Cl)nc(N3CCN(S(=O)(=O)c4ccc(N5C[C@H](NC(=O)OC(C)(C)C)CC5=O)cc4)CC3)c2)CC1. The molecule has 3 fully saturated rings. The highest BCUT2D eigenvalue weighted by molar-refractivity contribution is 7.89. The third kappa shape index (κ3) is 14.3. The van der Waals surface area contributed by atoms with Crippen molar-refractivity contribution < 1.29 is 45.9 Å². The minimum absolute atomic E-state index is 0.0391. The number of hydrogen-bond donors (Lipinski definition) is 3. The third-order valence-electron chi connectivity index (χ3n) is 11.4. The van der Waals surface area contributed by atoms with Crippen molar-refractivity contribution in [1.29, 1.82) is 0 Å². The molecule has 1 aromatic carbocycles. The maximum Gasteiger partial charge on any atom is 0.407 e. The van der Waals surface area contributed by atoms with E-state index in [0.717, 1.165) is 25.9 Å². The third-order valence-corrected chi connectivity index (χ3v) is 13.5. The summed E-state index contributed by atoms with van der Waals surface area (Å²) >= 11 is 6.32. The minimum atomic E-state index is -3.93. The Morgan fingerprint density at radius 3 is 2.03 bits per heavy atom. The van der Waals surface area contributed by atoms with Crippen molar-refractivity contribution in [3.63, 3.8) is 0 Å². The number of aromatic nitrogens is 1. The summed E-state index contributed by atoms with van der Waals surface area (Å²) in [7, 11) is -1.96. The van der Waals surface area contributed by atoms with E-state index >= 15 is 8.78 Å². The molecule has 2 aromatic rings. The van der Waals surface area contributed by atoms with Gasteiger partial charge in [-0.2, -0.15) is 4.31 Å². The summed E-state index contributed by atoms with van der Waals surface area (Å²) in [5.74, 6) is -4.68. The molecule has 4 amide bonds. The van der Waals surface area contributed by atoms with Crippen LogP contribution in [0.1, 0.15) is 92.1 Å². The first-order chi connectivity index (χ1) is 29.9. The van der Waals surface area contributed by atoms with Gasteiger partial charge in [-0.25, -0.2) is 31.8 Å². The zero-order valence-corrected chi connectivity index (χ0v) is 39.6. The largest absolute Gasteiger partial charge is 0.444 e. The lowest BCUT2D eigenvalue weighted by molar-refractivity contribution is -0.129. The van der Waals surface area contributed by atoms with Gasteiger partial charge in [0, 0.05) is 75.3 Å². The number of sulfonamides is 1. The molecule has 1 saturated carbocycles. The highest BCUT2D eigenvalue weighted by Crippen LogP contribution is 2.46. The molecule has 0 unspecified atom stereocenters. The number of halogens is 3. The van der Waals surface area contributed by atoms with Crippen LogP contribution in [0.3, 0.4) is 0 Å². The zero-order valence-electron chi connectivity index (χ0n) is 38.1. The van der Waals surface area contributed by atoms with Crippen molar-refractivity contribution in [3.8, 4) is 0 Å². The molecule has 0 radical (unpaired) electrons. The van der Waals surface area contributed by atoms with E-state index in [1.165, 1.54) is 33.5 Å². The molecule has 356 valence electrons. The Bertz CT molecular complexity index is 2050. The molecule has 3 heterocycles. The number of alkyl halides is 2. The molecular weight excluding hydrogens is 874 g/mol. The molecule has 2 saturated heterocycles. The van der Waals surface area contributed by atoms with Gasteiger partial charge in [0.05, 0.1) is 10.9 Å². The number of rotatable bonds is 16. The summed E-state index contributed by atoms with van der Waals surface area (Å²) < 4.78 is 71.5. The van der Waals surface area contributed by atoms with Gasteiger partial charge >= 0.3 is 12.2 Å². The number of amides is 4. The number of hydrogen-bond acceptors (Lipinski definition) is 11. The van der Waals surface area contributed by atoms with E-state index in [9.17, 15) is 27.6 Å².